The van der Waals surface area contributed by atoms with E-state index >= 15 is 0 Å². The van der Waals surface area contributed by atoms with Gasteiger partial charge in [-0.1, -0.05) is 66.7 Å². The van der Waals surface area contributed by atoms with E-state index in [1.165, 1.54) is 0 Å². The highest BCUT2D eigenvalue weighted by atomic mass is 16.3. The monoisotopic (exact) mass is 252 g/mol. The summed E-state index contributed by atoms with van der Waals surface area (Å²) in [6.45, 7) is 3.91. The van der Waals surface area contributed by atoms with E-state index in [0.717, 1.165) is 24.0 Å². The minimum Gasteiger partial charge on any atom is -0.395 e. The molecule has 0 atom stereocenters. The number of hydrogen-bond donors (Lipinski definition) is 1. The van der Waals surface area contributed by atoms with Gasteiger partial charge in [0.15, 0.2) is 0 Å². The summed E-state index contributed by atoms with van der Waals surface area (Å²) in [6.07, 6.45) is 3.65. The van der Waals surface area contributed by atoms with Crippen molar-refractivity contribution in [3.8, 4) is 0 Å². The number of aliphatic hydroxyl groups is 1. The van der Waals surface area contributed by atoms with E-state index in [1.54, 1.807) is 0 Å². The molecule has 1 N–H and O–H groups in total. The van der Waals surface area contributed by atoms with Crippen LogP contribution in [0.3, 0.4) is 0 Å². The highest BCUT2D eigenvalue weighted by Crippen LogP contribution is 2.36. The van der Waals surface area contributed by atoms with Gasteiger partial charge in [-0.3, -0.25) is 0 Å². The normalized spacial score (nSPS) is 11.2. The van der Waals surface area contributed by atoms with Gasteiger partial charge in [0, 0.05) is 5.41 Å². The predicted molar refractivity (Wildman–Crippen MR) is 80.2 cm³/mol. The fourth-order valence-corrected chi connectivity index (χ4v) is 2.58. The van der Waals surface area contributed by atoms with Gasteiger partial charge < -0.3 is 5.11 Å². The summed E-state index contributed by atoms with van der Waals surface area (Å²) in [7, 11) is 0. The van der Waals surface area contributed by atoms with E-state index in [2.05, 4.69) is 30.8 Å². The summed E-state index contributed by atoms with van der Waals surface area (Å²) in [5.41, 5.74) is 1.98. The summed E-state index contributed by atoms with van der Waals surface area (Å²) in [5, 5.41) is 10.1. The third-order valence-corrected chi connectivity index (χ3v) is 3.70. The molecule has 1 nitrogen and oxygen atoms in total. The second kappa shape index (κ2) is 6.35. The number of rotatable bonds is 6. The second-order valence-electron chi connectivity index (χ2n) is 4.80. The van der Waals surface area contributed by atoms with E-state index in [4.69, 9.17) is 0 Å². The van der Waals surface area contributed by atoms with Crippen LogP contribution in [0.15, 0.2) is 73.3 Å². The molecule has 0 aliphatic carbocycles. The van der Waals surface area contributed by atoms with Crippen molar-refractivity contribution in [3.63, 3.8) is 0 Å². The molecule has 0 spiro atoms. The first-order valence-corrected chi connectivity index (χ1v) is 6.66. The van der Waals surface area contributed by atoms with Gasteiger partial charge in [0.25, 0.3) is 0 Å². The van der Waals surface area contributed by atoms with Gasteiger partial charge in [0.1, 0.15) is 0 Å². The summed E-state index contributed by atoms with van der Waals surface area (Å²) in [6, 6.07) is 20.5. The third kappa shape index (κ3) is 2.77. The molecule has 0 saturated heterocycles. The van der Waals surface area contributed by atoms with Crippen LogP contribution in [0, 0.1) is 0 Å². The van der Waals surface area contributed by atoms with Crippen molar-refractivity contribution in [2.45, 2.75) is 18.3 Å². The maximum absolute atomic E-state index is 10.1. The van der Waals surface area contributed by atoms with Crippen molar-refractivity contribution >= 4 is 0 Å². The Kier molecular flexibility index (Phi) is 4.53. The van der Waals surface area contributed by atoms with Crippen LogP contribution in [0.25, 0.3) is 0 Å². The first-order chi connectivity index (χ1) is 9.33. The molecular weight excluding hydrogens is 232 g/mol. The average Bonchev–Trinajstić information content (AvgIpc) is 2.51. The van der Waals surface area contributed by atoms with Gasteiger partial charge in [0.05, 0.1) is 6.61 Å². The second-order valence-corrected chi connectivity index (χ2v) is 4.80. The Labute approximate surface area is 115 Å². The van der Waals surface area contributed by atoms with Gasteiger partial charge in [-0.05, 0) is 24.0 Å². The fourth-order valence-electron chi connectivity index (χ4n) is 2.58. The molecular formula is C18H20O. The first-order valence-electron chi connectivity index (χ1n) is 6.66. The van der Waals surface area contributed by atoms with Crippen LogP contribution in [-0.4, -0.2) is 11.7 Å². The lowest BCUT2D eigenvalue weighted by atomic mass is 9.72. The van der Waals surface area contributed by atoms with Gasteiger partial charge in [-0.2, -0.15) is 0 Å². The fraction of sp³-hybridized carbons (Fsp3) is 0.222. The van der Waals surface area contributed by atoms with Crippen LogP contribution in [0.4, 0.5) is 0 Å². The molecule has 2 aromatic rings. The molecule has 0 aliphatic heterocycles. The highest BCUT2D eigenvalue weighted by Gasteiger charge is 2.32. The molecule has 98 valence electrons. The van der Waals surface area contributed by atoms with Crippen LogP contribution in [0.5, 0.6) is 0 Å². The van der Waals surface area contributed by atoms with Gasteiger partial charge in [-0.15, -0.1) is 6.58 Å². The summed E-state index contributed by atoms with van der Waals surface area (Å²) >= 11 is 0. The molecule has 1 heteroatoms. The molecule has 19 heavy (non-hydrogen) atoms. The minimum atomic E-state index is -0.337. The van der Waals surface area contributed by atoms with Crippen molar-refractivity contribution < 1.29 is 5.11 Å². The molecule has 0 radical (unpaired) electrons. The van der Waals surface area contributed by atoms with Gasteiger partial charge in [0.2, 0.25) is 0 Å². The summed E-state index contributed by atoms with van der Waals surface area (Å²) in [4.78, 5) is 0. The van der Waals surface area contributed by atoms with E-state index < -0.39 is 0 Å². The standard InChI is InChI=1S/C18H20O/c1-2-3-14-18(15-19,16-10-6-4-7-11-16)17-12-8-5-9-13-17/h2,4-13,19H,1,3,14-15H2. The minimum absolute atomic E-state index is 0.106. The largest absolute Gasteiger partial charge is 0.395 e. The van der Waals surface area contributed by atoms with Crippen LogP contribution in [0.2, 0.25) is 0 Å². The van der Waals surface area contributed by atoms with Gasteiger partial charge in [-0.25, -0.2) is 0 Å². The molecule has 0 heterocycles. The smallest absolute Gasteiger partial charge is 0.0568 e. The Balaban J connectivity index is 2.51. The van der Waals surface area contributed by atoms with E-state index in [-0.39, 0.29) is 12.0 Å². The maximum Gasteiger partial charge on any atom is 0.0568 e. The van der Waals surface area contributed by atoms with Crippen LogP contribution in [0.1, 0.15) is 24.0 Å². The molecule has 0 amide bonds. The maximum atomic E-state index is 10.1. The van der Waals surface area contributed by atoms with Crippen molar-refractivity contribution in [2.75, 3.05) is 6.61 Å². The van der Waals surface area contributed by atoms with Gasteiger partial charge >= 0.3 is 0 Å². The van der Waals surface area contributed by atoms with Crippen molar-refractivity contribution in [1.82, 2.24) is 0 Å². The SMILES string of the molecule is C=CCCC(CO)(c1ccccc1)c1ccccc1. The Morgan fingerprint density at radius 1 is 0.895 bits per heavy atom. The van der Waals surface area contributed by atoms with E-state index in [0.29, 0.717) is 0 Å². The highest BCUT2D eigenvalue weighted by molar-refractivity contribution is 5.39. The average molecular weight is 252 g/mol. The lowest BCUT2D eigenvalue weighted by Gasteiger charge is -2.33. The predicted octanol–water partition coefficient (Wildman–Crippen LogP) is 3.93. The Morgan fingerprint density at radius 3 is 1.74 bits per heavy atom. The molecule has 2 rings (SSSR count). The lowest BCUT2D eigenvalue weighted by Crippen LogP contribution is -2.32. The molecule has 0 fully saturated rings. The Morgan fingerprint density at radius 2 is 1.37 bits per heavy atom. The van der Waals surface area contributed by atoms with Crippen molar-refractivity contribution in [1.29, 1.82) is 0 Å². The zero-order valence-electron chi connectivity index (χ0n) is 11.1. The number of hydrogen-bond acceptors (Lipinski definition) is 1. The van der Waals surface area contributed by atoms with Crippen LogP contribution < -0.4 is 0 Å². The zero-order valence-corrected chi connectivity index (χ0v) is 11.1. The topological polar surface area (TPSA) is 20.2 Å². The molecule has 0 unspecified atom stereocenters. The van der Waals surface area contributed by atoms with E-state index in [1.807, 2.05) is 42.5 Å². The summed E-state index contributed by atoms with van der Waals surface area (Å²) in [5.74, 6) is 0. The van der Waals surface area contributed by atoms with Crippen molar-refractivity contribution in [3.05, 3.63) is 84.4 Å². The zero-order chi connectivity index (χ0) is 13.6. The molecule has 0 saturated carbocycles. The number of allylic oxidation sites excluding steroid dienone is 1. The third-order valence-electron chi connectivity index (χ3n) is 3.70. The number of aliphatic hydroxyl groups excluding tert-OH is 1. The first kappa shape index (κ1) is 13.6. The molecule has 0 aromatic heterocycles. The van der Waals surface area contributed by atoms with Crippen LogP contribution >= 0.6 is 0 Å². The summed E-state index contributed by atoms with van der Waals surface area (Å²) < 4.78 is 0. The van der Waals surface area contributed by atoms with Crippen LogP contribution in [-0.2, 0) is 5.41 Å². The molecule has 0 bridgehead atoms. The van der Waals surface area contributed by atoms with E-state index in [9.17, 15) is 5.11 Å². The number of benzene rings is 2. The lowest BCUT2D eigenvalue weighted by molar-refractivity contribution is 0.212. The molecule has 0 aliphatic rings. The molecule has 2 aromatic carbocycles. The van der Waals surface area contributed by atoms with Crippen molar-refractivity contribution in [2.24, 2.45) is 0 Å². The Hall–Kier alpha value is -1.86. The Bertz CT molecular complexity index is 462. The quantitative estimate of drug-likeness (QED) is 0.772.